The standard InChI is InChI=1S/C75H146O17P2/c1-9-67(7)53-45-37-29-25-26-32-42-50-58-75(80)92-71(62-86-73(78)56-48-40-34-33-38-46-54-68(8)10-2)64-90-94(83,84)88-60-69(76)59-87-93(81,82)89-63-70(91-74(79)57-49-41-31-24-20-16-18-22-28-36-44-52-66(5)6)61-85-72(77)55-47-39-30-23-19-15-13-11-12-14-17-21-27-35-43-51-65(3)4/h65-71,76H,9-64H2,1-8H3,(H,81,82)(H,83,84)/t67?,68?,69-,70-,71-/m1/s1. The Bertz CT molecular complexity index is 1850. The number of carbonyl (C=O) groups is 4. The van der Waals surface area contributed by atoms with Gasteiger partial charge in [-0.3, -0.25) is 37.3 Å². The number of aliphatic hydroxyl groups is 1. The van der Waals surface area contributed by atoms with Crippen LogP contribution in [0.2, 0.25) is 0 Å². The van der Waals surface area contributed by atoms with Crippen molar-refractivity contribution in [1.82, 2.24) is 0 Å². The summed E-state index contributed by atoms with van der Waals surface area (Å²) in [5.74, 6) is 0.948. The van der Waals surface area contributed by atoms with Gasteiger partial charge >= 0.3 is 39.5 Å². The van der Waals surface area contributed by atoms with E-state index < -0.39 is 97.5 Å². The minimum atomic E-state index is -4.96. The molecule has 3 N–H and O–H groups in total. The molecule has 0 fully saturated rings. The number of hydrogen-bond acceptors (Lipinski definition) is 15. The molecule has 0 rings (SSSR count). The van der Waals surface area contributed by atoms with Crippen molar-refractivity contribution in [2.45, 2.75) is 395 Å². The topological polar surface area (TPSA) is 237 Å². The van der Waals surface area contributed by atoms with Crippen LogP contribution in [-0.4, -0.2) is 96.7 Å². The molecule has 19 heteroatoms. The van der Waals surface area contributed by atoms with Crippen molar-refractivity contribution in [1.29, 1.82) is 0 Å². The summed E-state index contributed by atoms with van der Waals surface area (Å²) < 4.78 is 68.5. The van der Waals surface area contributed by atoms with Crippen LogP contribution in [0.1, 0.15) is 376 Å². The van der Waals surface area contributed by atoms with E-state index in [-0.39, 0.29) is 25.7 Å². The Morgan fingerprint density at radius 2 is 0.511 bits per heavy atom. The van der Waals surface area contributed by atoms with Crippen molar-refractivity contribution in [2.75, 3.05) is 39.6 Å². The second-order valence-corrected chi connectivity index (χ2v) is 31.4. The van der Waals surface area contributed by atoms with Crippen LogP contribution in [0.4, 0.5) is 0 Å². The first kappa shape index (κ1) is 92.1. The Labute approximate surface area is 575 Å². The van der Waals surface area contributed by atoms with Crippen molar-refractivity contribution < 1.29 is 80.2 Å². The number of unbranched alkanes of at least 4 members (excludes halogenated alkanes) is 36. The normalized spacial score (nSPS) is 14.7. The SMILES string of the molecule is CCC(C)CCCCCCCCCCC(=O)O[C@H](COC(=O)CCCCCCCCC(C)CC)COP(=O)(O)OC[C@H](O)COP(=O)(O)OC[C@@H](COC(=O)CCCCCCCCCCCCCCCCCC(C)C)OC(=O)CCCCCCCCCCCCCC(C)C. The molecule has 0 saturated carbocycles. The van der Waals surface area contributed by atoms with Gasteiger partial charge in [-0.2, -0.15) is 0 Å². The van der Waals surface area contributed by atoms with Crippen LogP contribution in [-0.2, 0) is 65.4 Å². The van der Waals surface area contributed by atoms with Crippen molar-refractivity contribution in [2.24, 2.45) is 23.7 Å². The molecule has 0 aromatic rings. The van der Waals surface area contributed by atoms with E-state index in [1.54, 1.807) is 0 Å². The van der Waals surface area contributed by atoms with Gasteiger partial charge in [-0.15, -0.1) is 0 Å². The Hall–Kier alpha value is -1.94. The molecular formula is C75H146O17P2. The highest BCUT2D eigenvalue weighted by Crippen LogP contribution is 2.45. The van der Waals surface area contributed by atoms with Crippen LogP contribution in [0.25, 0.3) is 0 Å². The minimum Gasteiger partial charge on any atom is -0.462 e. The van der Waals surface area contributed by atoms with Gasteiger partial charge in [0, 0.05) is 25.7 Å². The zero-order valence-electron chi connectivity index (χ0n) is 61.6. The minimum absolute atomic E-state index is 0.104. The molecule has 0 spiro atoms. The molecule has 0 saturated heterocycles. The molecule has 558 valence electrons. The highest BCUT2D eigenvalue weighted by atomic mass is 31.2. The molecular weight excluding hydrogens is 1230 g/mol. The molecule has 0 bridgehead atoms. The molecule has 0 aromatic heterocycles. The molecule has 0 heterocycles. The number of ether oxygens (including phenoxy) is 4. The van der Waals surface area contributed by atoms with Crippen LogP contribution < -0.4 is 0 Å². The largest absolute Gasteiger partial charge is 0.472 e. The van der Waals surface area contributed by atoms with E-state index in [9.17, 15) is 43.2 Å². The number of phosphoric acid groups is 2. The van der Waals surface area contributed by atoms with E-state index in [0.717, 1.165) is 120 Å². The third-order valence-corrected chi connectivity index (χ3v) is 19.9. The first-order chi connectivity index (χ1) is 45.2. The van der Waals surface area contributed by atoms with Crippen molar-refractivity contribution in [3.63, 3.8) is 0 Å². The maximum atomic E-state index is 13.1. The summed E-state index contributed by atoms with van der Waals surface area (Å²) in [5, 5.41) is 10.6. The van der Waals surface area contributed by atoms with Gasteiger partial charge in [0.1, 0.15) is 19.3 Å². The number of hydrogen-bond donors (Lipinski definition) is 3. The lowest BCUT2D eigenvalue weighted by Crippen LogP contribution is -2.30. The van der Waals surface area contributed by atoms with Crippen molar-refractivity contribution >= 4 is 39.5 Å². The first-order valence-electron chi connectivity index (χ1n) is 38.8. The average molecular weight is 1380 g/mol. The lowest BCUT2D eigenvalue weighted by molar-refractivity contribution is -0.161. The maximum Gasteiger partial charge on any atom is 0.472 e. The van der Waals surface area contributed by atoms with Gasteiger partial charge in [0.05, 0.1) is 26.4 Å². The summed E-state index contributed by atoms with van der Waals surface area (Å²) in [7, 11) is -9.91. The number of aliphatic hydroxyl groups excluding tert-OH is 1. The molecule has 0 amide bonds. The Balaban J connectivity index is 5.24. The van der Waals surface area contributed by atoms with Crippen LogP contribution in [0.5, 0.6) is 0 Å². The van der Waals surface area contributed by atoms with Crippen LogP contribution in [0, 0.1) is 23.7 Å². The highest BCUT2D eigenvalue weighted by Gasteiger charge is 2.30. The Morgan fingerprint density at radius 3 is 0.755 bits per heavy atom. The second-order valence-electron chi connectivity index (χ2n) is 28.5. The van der Waals surface area contributed by atoms with Crippen LogP contribution in [0.3, 0.4) is 0 Å². The van der Waals surface area contributed by atoms with Gasteiger partial charge in [-0.25, -0.2) is 9.13 Å². The van der Waals surface area contributed by atoms with E-state index >= 15 is 0 Å². The molecule has 0 aromatic carbocycles. The molecule has 7 atom stereocenters. The molecule has 0 aliphatic carbocycles. The quantitative estimate of drug-likeness (QED) is 0.0222. The summed E-state index contributed by atoms with van der Waals surface area (Å²) in [6.45, 7) is 14.2. The van der Waals surface area contributed by atoms with Crippen molar-refractivity contribution in [3.05, 3.63) is 0 Å². The predicted octanol–water partition coefficient (Wildman–Crippen LogP) is 21.7. The van der Waals surface area contributed by atoms with Gasteiger partial charge < -0.3 is 33.8 Å². The fourth-order valence-electron chi connectivity index (χ4n) is 11.3. The summed E-state index contributed by atoms with van der Waals surface area (Å²) in [6.07, 6.45) is 48.6. The Kier molecular flexibility index (Phi) is 63.1. The third kappa shape index (κ3) is 66.0. The first-order valence-corrected chi connectivity index (χ1v) is 41.8. The maximum absolute atomic E-state index is 13.1. The summed E-state index contributed by atoms with van der Waals surface area (Å²) in [5.41, 5.74) is 0. The summed E-state index contributed by atoms with van der Waals surface area (Å²) in [4.78, 5) is 72.8. The molecule has 0 aliphatic heterocycles. The zero-order chi connectivity index (χ0) is 69.6. The van der Waals surface area contributed by atoms with E-state index in [1.165, 1.54) is 173 Å². The number of rotatable bonds is 72. The lowest BCUT2D eigenvalue weighted by Gasteiger charge is -2.21. The van der Waals surface area contributed by atoms with E-state index in [4.69, 9.17) is 37.0 Å². The summed E-state index contributed by atoms with van der Waals surface area (Å²) in [6, 6.07) is 0. The molecule has 94 heavy (non-hydrogen) atoms. The predicted molar refractivity (Wildman–Crippen MR) is 381 cm³/mol. The average Bonchev–Trinajstić information content (AvgIpc) is 1.38. The fraction of sp³-hybridized carbons (Fsp3) is 0.947. The third-order valence-electron chi connectivity index (χ3n) is 18.0. The van der Waals surface area contributed by atoms with Gasteiger partial charge in [-0.1, -0.05) is 325 Å². The van der Waals surface area contributed by atoms with E-state index in [0.29, 0.717) is 25.7 Å². The number of phosphoric ester groups is 2. The molecule has 17 nitrogen and oxygen atoms in total. The zero-order valence-corrected chi connectivity index (χ0v) is 63.4. The second kappa shape index (κ2) is 64.4. The van der Waals surface area contributed by atoms with Crippen molar-refractivity contribution in [3.8, 4) is 0 Å². The summed E-state index contributed by atoms with van der Waals surface area (Å²) >= 11 is 0. The van der Waals surface area contributed by atoms with E-state index in [1.807, 2.05) is 0 Å². The van der Waals surface area contributed by atoms with E-state index in [2.05, 4.69) is 55.4 Å². The Morgan fingerprint density at radius 1 is 0.298 bits per heavy atom. The molecule has 0 aliphatic rings. The van der Waals surface area contributed by atoms with Gasteiger partial charge in [0.2, 0.25) is 0 Å². The van der Waals surface area contributed by atoms with Gasteiger partial charge in [0.25, 0.3) is 0 Å². The highest BCUT2D eigenvalue weighted by molar-refractivity contribution is 7.47. The van der Waals surface area contributed by atoms with Crippen LogP contribution in [0.15, 0.2) is 0 Å². The van der Waals surface area contributed by atoms with Gasteiger partial charge in [-0.05, 0) is 49.4 Å². The van der Waals surface area contributed by atoms with Crippen LogP contribution >= 0.6 is 15.6 Å². The molecule has 4 unspecified atom stereocenters. The fourth-order valence-corrected chi connectivity index (χ4v) is 12.9. The number of carbonyl (C=O) groups excluding carboxylic acids is 4. The lowest BCUT2D eigenvalue weighted by atomic mass is 9.99. The smallest absolute Gasteiger partial charge is 0.462 e. The monoisotopic (exact) mass is 1380 g/mol. The number of esters is 4. The van der Waals surface area contributed by atoms with Gasteiger partial charge in [0.15, 0.2) is 12.2 Å². The molecule has 0 radical (unpaired) electrons.